The van der Waals surface area contributed by atoms with E-state index >= 15 is 0 Å². The second-order valence-electron chi connectivity index (χ2n) is 8.04. The van der Waals surface area contributed by atoms with Crippen molar-refractivity contribution in [3.8, 4) is 17.2 Å². The smallest absolute Gasteiger partial charge is 0.338 e. The average Bonchev–Trinajstić information content (AvgIpc) is 3.17. The first kappa shape index (κ1) is 26.7. The van der Waals surface area contributed by atoms with E-state index in [9.17, 15) is 9.59 Å². The van der Waals surface area contributed by atoms with Gasteiger partial charge >= 0.3 is 5.97 Å². The molecule has 0 saturated carbocycles. The third kappa shape index (κ3) is 5.21. The largest absolute Gasteiger partial charge is 0.496 e. The van der Waals surface area contributed by atoms with Gasteiger partial charge in [0.15, 0.2) is 16.3 Å². The summed E-state index contributed by atoms with van der Waals surface area (Å²) in [5, 5.41) is 0. The minimum Gasteiger partial charge on any atom is -0.496 e. The molecule has 1 atom stereocenters. The van der Waals surface area contributed by atoms with Crippen LogP contribution in [0.5, 0.6) is 17.2 Å². The maximum absolute atomic E-state index is 13.8. The summed E-state index contributed by atoms with van der Waals surface area (Å²) in [4.78, 5) is 32.0. The lowest BCUT2D eigenvalue weighted by atomic mass is 9.95. The highest BCUT2D eigenvalue weighted by molar-refractivity contribution is 9.10. The third-order valence-electron chi connectivity index (χ3n) is 5.79. The molecule has 4 rings (SSSR count). The van der Waals surface area contributed by atoms with Gasteiger partial charge in [0.25, 0.3) is 5.56 Å². The highest BCUT2D eigenvalue weighted by Gasteiger charge is 2.34. The van der Waals surface area contributed by atoms with Crippen molar-refractivity contribution in [2.24, 2.45) is 4.99 Å². The van der Waals surface area contributed by atoms with Crippen LogP contribution in [0, 0.1) is 0 Å². The fourth-order valence-electron chi connectivity index (χ4n) is 4.16. The number of thiazole rings is 1. The lowest BCUT2D eigenvalue weighted by Gasteiger charge is -2.25. The van der Waals surface area contributed by atoms with Crippen molar-refractivity contribution in [1.29, 1.82) is 0 Å². The molecule has 0 bridgehead atoms. The van der Waals surface area contributed by atoms with Crippen LogP contribution in [0.15, 0.2) is 61.9 Å². The van der Waals surface area contributed by atoms with Crippen molar-refractivity contribution in [3.63, 3.8) is 0 Å². The zero-order valence-corrected chi connectivity index (χ0v) is 23.6. The zero-order chi connectivity index (χ0) is 26.7. The van der Waals surface area contributed by atoms with Crippen LogP contribution in [0.3, 0.4) is 0 Å². The van der Waals surface area contributed by atoms with E-state index in [1.165, 1.54) is 11.3 Å². The first-order valence-corrected chi connectivity index (χ1v) is 13.3. The molecule has 0 fully saturated rings. The first-order chi connectivity index (χ1) is 17.8. The van der Waals surface area contributed by atoms with Crippen LogP contribution in [-0.2, 0) is 9.53 Å². The molecule has 0 aliphatic carbocycles. The number of aromatic nitrogens is 1. The number of methoxy groups -OCH3 is 2. The number of nitrogens with zero attached hydrogens (tertiary/aromatic N) is 2. The van der Waals surface area contributed by atoms with Gasteiger partial charge in [-0.15, -0.1) is 0 Å². The van der Waals surface area contributed by atoms with E-state index < -0.39 is 12.0 Å². The van der Waals surface area contributed by atoms with Crippen molar-refractivity contribution >= 4 is 39.3 Å². The Hall–Kier alpha value is -3.37. The predicted octanol–water partition coefficient (Wildman–Crippen LogP) is 3.98. The van der Waals surface area contributed by atoms with E-state index in [1.807, 2.05) is 31.2 Å². The van der Waals surface area contributed by atoms with E-state index in [4.69, 9.17) is 18.9 Å². The van der Waals surface area contributed by atoms with E-state index in [2.05, 4.69) is 20.9 Å². The predicted molar refractivity (Wildman–Crippen MR) is 145 cm³/mol. The molecule has 37 heavy (non-hydrogen) atoms. The van der Waals surface area contributed by atoms with Crippen LogP contribution < -0.4 is 29.1 Å². The number of ether oxygens (including phenoxy) is 4. The van der Waals surface area contributed by atoms with Gasteiger partial charge in [-0.25, -0.2) is 9.79 Å². The number of hydrogen-bond acceptors (Lipinski definition) is 8. The van der Waals surface area contributed by atoms with Crippen molar-refractivity contribution in [2.45, 2.75) is 26.8 Å². The number of halogens is 1. The summed E-state index contributed by atoms with van der Waals surface area (Å²) in [5.41, 5.74) is 2.04. The Morgan fingerprint density at radius 3 is 2.46 bits per heavy atom. The van der Waals surface area contributed by atoms with Gasteiger partial charge in [0.1, 0.15) is 5.75 Å². The topological polar surface area (TPSA) is 88.4 Å². The monoisotopic (exact) mass is 586 g/mol. The van der Waals surface area contributed by atoms with E-state index in [-0.39, 0.29) is 12.2 Å². The van der Waals surface area contributed by atoms with Crippen molar-refractivity contribution in [1.82, 2.24) is 4.57 Å². The molecule has 3 aromatic rings. The van der Waals surface area contributed by atoms with Gasteiger partial charge in [-0.3, -0.25) is 9.36 Å². The number of rotatable bonds is 8. The summed E-state index contributed by atoms with van der Waals surface area (Å²) in [6, 6.07) is 10.2. The van der Waals surface area contributed by atoms with Gasteiger partial charge in [-0.1, -0.05) is 23.5 Å². The third-order valence-corrected chi connectivity index (χ3v) is 7.40. The fraction of sp³-hybridized carbons (Fsp3) is 0.296. The van der Waals surface area contributed by atoms with Crippen LogP contribution in [0.4, 0.5) is 0 Å². The maximum atomic E-state index is 13.8. The minimum atomic E-state index is -0.745. The molecule has 2 aromatic carbocycles. The normalized spacial score (nSPS) is 15.2. The first-order valence-electron chi connectivity index (χ1n) is 11.7. The Morgan fingerprint density at radius 2 is 1.81 bits per heavy atom. The number of allylic oxidation sites excluding steroid dienone is 1. The Balaban J connectivity index is 1.94. The van der Waals surface area contributed by atoms with Gasteiger partial charge in [-0.05, 0) is 78.2 Å². The molecule has 1 aliphatic heterocycles. The minimum absolute atomic E-state index is 0.200. The highest BCUT2D eigenvalue weighted by atomic mass is 79.9. The summed E-state index contributed by atoms with van der Waals surface area (Å²) < 4.78 is 24.7. The second-order valence-corrected chi connectivity index (χ2v) is 9.90. The number of hydrogen-bond donors (Lipinski definition) is 0. The molecule has 0 saturated heterocycles. The second kappa shape index (κ2) is 11.4. The Labute approximate surface area is 226 Å². The Kier molecular flexibility index (Phi) is 8.19. The van der Waals surface area contributed by atoms with Crippen LogP contribution in [0.25, 0.3) is 6.08 Å². The maximum Gasteiger partial charge on any atom is 0.338 e. The number of fused-ring (bicyclic) bond motifs is 1. The molecule has 0 amide bonds. The molecule has 0 radical (unpaired) electrons. The molecule has 2 heterocycles. The van der Waals surface area contributed by atoms with Crippen LogP contribution in [-0.4, -0.2) is 38.0 Å². The molecule has 1 aromatic heterocycles. The number of carbonyl (C=O) groups excluding carboxylic acids is 1. The lowest BCUT2D eigenvalue weighted by molar-refractivity contribution is -0.139. The quantitative estimate of drug-likeness (QED) is 0.371. The molecule has 1 unspecified atom stereocenters. The molecule has 10 heteroatoms. The molecular weight excluding hydrogens is 560 g/mol. The Bertz CT molecular complexity index is 1560. The van der Waals surface area contributed by atoms with Crippen molar-refractivity contribution in [2.75, 3.05) is 27.4 Å². The van der Waals surface area contributed by atoms with Gasteiger partial charge in [0, 0.05) is 0 Å². The van der Waals surface area contributed by atoms with E-state index in [0.717, 1.165) is 10.0 Å². The summed E-state index contributed by atoms with van der Waals surface area (Å²) in [6.07, 6.45) is 1.80. The van der Waals surface area contributed by atoms with Crippen LogP contribution >= 0.6 is 27.3 Å². The standard InChI is InChI=1S/C27H27BrN2O6S/c1-6-35-21-14-17(9-11-20(21)34-5)24-23(26(32)36-7-2)15(3)29-27-30(24)25(31)22(37-27)13-16-8-10-19(33-4)18(28)12-16/h8-14,24H,6-7H2,1-5H3. The molecule has 194 valence electrons. The van der Waals surface area contributed by atoms with Gasteiger partial charge in [0.2, 0.25) is 0 Å². The average molecular weight is 587 g/mol. The summed E-state index contributed by atoms with van der Waals surface area (Å²) in [7, 11) is 3.16. The molecule has 1 aliphatic rings. The van der Waals surface area contributed by atoms with Crippen molar-refractivity contribution in [3.05, 3.63) is 83.0 Å². The summed E-state index contributed by atoms with van der Waals surface area (Å²) in [6.45, 7) is 6.00. The number of esters is 1. The van der Waals surface area contributed by atoms with Crippen LogP contribution in [0.1, 0.15) is 37.9 Å². The summed E-state index contributed by atoms with van der Waals surface area (Å²) >= 11 is 4.75. The zero-order valence-electron chi connectivity index (χ0n) is 21.2. The fourth-order valence-corrected chi connectivity index (χ4v) is 5.77. The van der Waals surface area contributed by atoms with Crippen molar-refractivity contribution < 1.29 is 23.7 Å². The number of carbonyl (C=O) groups is 1. The van der Waals surface area contributed by atoms with Crippen LogP contribution in [0.2, 0.25) is 0 Å². The SMILES string of the molecule is CCOC(=O)C1=C(C)N=c2sc(=Cc3ccc(OC)c(Br)c3)c(=O)n2C1c1ccc(OC)c(OCC)c1. The van der Waals surface area contributed by atoms with Gasteiger partial charge in [0.05, 0.1) is 53.8 Å². The van der Waals surface area contributed by atoms with Gasteiger partial charge in [-0.2, -0.15) is 0 Å². The van der Waals surface area contributed by atoms with Gasteiger partial charge < -0.3 is 18.9 Å². The van der Waals surface area contributed by atoms with E-state index in [1.54, 1.807) is 50.8 Å². The molecule has 0 spiro atoms. The van der Waals surface area contributed by atoms with E-state index in [0.29, 0.717) is 50.0 Å². The Morgan fingerprint density at radius 1 is 1.08 bits per heavy atom. The summed E-state index contributed by atoms with van der Waals surface area (Å²) in [5.74, 6) is 1.25. The lowest BCUT2D eigenvalue weighted by Crippen LogP contribution is -2.40. The number of benzene rings is 2. The molecular formula is C27H27BrN2O6S. The molecule has 8 nitrogen and oxygen atoms in total. The molecule has 0 N–H and O–H groups in total. The highest BCUT2D eigenvalue weighted by Crippen LogP contribution is 2.36.